The number of carbonyl (C=O) groups excluding carboxylic acids is 2. The van der Waals surface area contributed by atoms with Gasteiger partial charge in [0.2, 0.25) is 0 Å². The Labute approximate surface area is 137 Å². The maximum absolute atomic E-state index is 12.4. The number of benzene rings is 1. The van der Waals surface area contributed by atoms with Gasteiger partial charge in [-0.1, -0.05) is 12.1 Å². The average molecular weight is 334 g/mol. The summed E-state index contributed by atoms with van der Waals surface area (Å²) in [7, 11) is 0. The predicted molar refractivity (Wildman–Crippen MR) is 85.7 cm³/mol. The van der Waals surface area contributed by atoms with E-state index in [0.717, 1.165) is 9.13 Å². The SMILES string of the molecule is CCOC(=O)COC(=O)Cn1c(=O)n(CC)c(=O)c2ccccc21. The number of fused-ring (bicyclic) bond motifs is 1. The summed E-state index contributed by atoms with van der Waals surface area (Å²) in [5.41, 5.74) is -0.672. The molecule has 0 aliphatic heterocycles. The Bertz CT molecular complexity index is 880. The lowest BCUT2D eigenvalue weighted by Gasteiger charge is -2.12. The summed E-state index contributed by atoms with van der Waals surface area (Å²) in [6.45, 7) is 2.74. The molecule has 1 heterocycles. The number of hydrogen-bond acceptors (Lipinski definition) is 6. The van der Waals surface area contributed by atoms with Gasteiger partial charge in [0.15, 0.2) is 6.61 Å². The third-order valence-electron chi connectivity index (χ3n) is 3.39. The zero-order valence-electron chi connectivity index (χ0n) is 13.5. The lowest BCUT2D eigenvalue weighted by atomic mass is 10.2. The van der Waals surface area contributed by atoms with Crippen molar-refractivity contribution in [3.63, 3.8) is 0 Å². The van der Waals surface area contributed by atoms with E-state index < -0.39 is 36.3 Å². The highest BCUT2D eigenvalue weighted by Gasteiger charge is 2.16. The number of aromatic nitrogens is 2. The van der Waals surface area contributed by atoms with Gasteiger partial charge in [-0.2, -0.15) is 0 Å². The topological polar surface area (TPSA) is 96.6 Å². The first-order valence-corrected chi connectivity index (χ1v) is 7.53. The number of hydrogen-bond donors (Lipinski definition) is 0. The van der Waals surface area contributed by atoms with Gasteiger partial charge in [-0.15, -0.1) is 0 Å². The zero-order chi connectivity index (χ0) is 17.7. The van der Waals surface area contributed by atoms with Gasteiger partial charge in [0, 0.05) is 6.54 Å². The van der Waals surface area contributed by atoms with E-state index >= 15 is 0 Å². The Balaban J connectivity index is 2.35. The second-order valence-electron chi connectivity index (χ2n) is 4.90. The first-order chi connectivity index (χ1) is 11.5. The predicted octanol–water partition coefficient (Wildman–Crippen LogP) is 0.289. The van der Waals surface area contributed by atoms with Crippen LogP contribution < -0.4 is 11.2 Å². The molecule has 0 spiro atoms. The Morgan fingerprint density at radius 1 is 1.00 bits per heavy atom. The molecule has 0 N–H and O–H groups in total. The van der Waals surface area contributed by atoms with Crippen molar-refractivity contribution in [2.75, 3.05) is 13.2 Å². The number of esters is 2. The summed E-state index contributed by atoms with van der Waals surface area (Å²) in [5, 5.41) is 0.331. The minimum Gasteiger partial charge on any atom is -0.463 e. The van der Waals surface area contributed by atoms with Crippen molar-refractivity contribution >= 4 is 22.8 Å². The quantitative estimate of drug-likeness (QED) is 0.705. The molecular weight excluding hydrogens is 316 g/mol. The summed E-state index contributed by atoms with van der Waals surface area (Å²) in [4.78, 5) is 47.9. The molecule has 0 unspecified atom stereocenters. The number of rotatable bonds is 6. The lowest BCUT2D eigenvalue weighted by molar-refractivity contribution is -0.158. The highest BCUT2D eigenvalue weighted by atomic mass is 16.6. The van der Waals surface area contributed by atoms with Crippen LogP contribution >= 0.6 is 0 Å². The van der Waals surface area contributed by atoms with Gasteiger partial charge in [0.25, 0.3) is 5.56 Å². The van der Waals surface area contributed by atoms with Crippen LogP contribution in [-0.2, 0) is 32.2 Å². The normalized spacial score (nSPS) is 10.6. The van der Waals surface area contributed by atoms with Crippen molar-refractivity contribution in [3.8, 4) is 0 Å². The van der Waals surface area contributed by atoms with Crippen LogP contribution in [0, 0.1) is 0 Å². The maximum Gasteiger partial charge on any atom is 0.344 e. The van der Waals surface area contributed by atoms with Gasteiger partial charge in [-0.3, -0.25) is 18.7 Å². The first kappa shape index (κ1) is 17.5. The smallest absolute Gasteiger partial charge is 0.344 e. The largest absolute Gasteiger partial charge is 0.463 e. The molecule has 8 nitrogen and oxygen atoms in total. The number of ether oxygens (including phenoxy) is 2. The van der Waals surface area contributed by atoms with Crippen molar-refractivity contribution in [3.05, 3.63) is 45.1 Å². The molecule has 2 aromatic rings. The summed E-state index contributed by atoms with van der Waals surface area (Å²) in [6.07, 6.45) is 0. The van der Waals surface area contributed by atoms with Crippen LogP contribution in [0.25, 0.3) is 10.9 Å². The Morgan fingerprint density at radius 2 is 1.71 bits per heavy atom. The van der Waals surface area contributed by atoms with Gasteiger partial charge in [0.1, 0.15) is 6.54 Å². The van der Waals surface area contributed by atoms with Crippen LogP contribution in [0.15, 0.2) is 33.9 Å². The molecule has 0 fully saturated rings. The van der Waals surface area contributed by atoms with Gasteiger partial charge in [-0.25, -0.2) is 9.59 Å². The van der Waals surface area contributed by atoms with Crippen LogP contribution in [0.4, 0.5) is 0 Å². The monoisotopic (exact) mass is 334 g/mol. The molecule has 0 saturated heterocycles. The zero-order valence-corrected chi connectivity index (χ0v) is 13.5. The molecule has 128 valence electrons. The fraction of sp³-hybridized carbons (Fsp3) is 0.375. The molecule has 0 amide bonds. The van der Waals surface area contributed by atoms with E-state index in [9.17, 15) is 19.2 Å². The summed E-state index contributed by atoms with van der Waals surface area (Å²) in [5.74, 6) is -1.43. The van der Waals surface area contributed by atoms with Crippen LogP contribution in [-0.4, -0.2) is 34.3 Å². The lowest BCUT2D eigenvalue weighted by Crippen LogP contribution is -2.41. The fourth-order valence-electron chi connectivity index (χ4n) is 2.32. The summed E-state index contributed by atoms with van der Waals surface area (Å²) >= 11 is 0. The molecule has 0 bridgehead atoms. The number of nitrogens with zero attached hydrogens (tertiary/aromatic N) is 2. The fourth-order valence-corrected chi connectivity index (χ4v) is 2.32. The van der Waals surface area contributed by atoms with E-state index in [1.54, 1.807) is 38.1 Å². The third-order valence-corrected chi connectivity index (χ3v) is 3.39. The average Bonchev–Trinajstić information content (AvgIpc) is 2.57. The van der Waals surface area contributed by atoms with Gasteiger partial charge >= 0.3 is 17.6 Å². The highest BCUT2D eigenvalue weighted by molar-refractivity contribution is 5.81. The van der Waals surface area contributed by atoms with Crippen molar-refractivity contribution in [2.45, 2.75) is 26.9 Å². The molecule has 0 atom stereocenters. The molecule has 0 aliphatic rings. The van der Waals surface area contributed by atoms with Crippen molar-refractivity contribution < 1.29 is 19.1 Å². The van der Waals surface area contributed by atoms with E-state index in [-0.39, 0.29) is 13.2 Å². The Kier molecular flexibility index (Phi) is 5.51. The Morgan fingerprint density at radius 3 is 2.38 bits per heavy atom. The van der Waals surface area contributed by atoms with Crippen LogP contribution in [0.5, 0.6) is 0 Å². The van der Waals surface area contributed by atoms with Crippen molar-refractivity contribution in [1.29, 1.82) is 0 Å². The third kappa shape index (κ3) is 3.53. The van der Waals surface area contributed by atoms with E-state index in [0.29, 0.717) is 10.9 Å². The van der Waals surface area contributed by atoms with Gasteiger partial charge in [0.05, 0.1) is 17.5 Å². The molecule has 24 heavy (non-hydrogen) atoms. The second kappa shape index (κ2) is 7.58. The first-order valence-electron chi connectivity index (χ1n) is 7.53. The summed E-state index contributed by atoms with van der Waals surface area (Å²) in [6, 6.07) is 6.51. The summed E-state index contributed by atoms with van der Waals surface area (Å²) < 4.78 is 11.7. The molecule has 2 rings (SSSR count). The standard InChI is InChI=1S/C16H18N2O6/c1-3-17-15(21)11-7-5-6-8-12(11)18(16(17)22)9-13(19)24-10-14(20)23-4-2/h5-8H,3-4,9-10H2,1-2H3. The molecule has 1 aromatic heterocycles. The molecule has 0 saturated carbocycles. The second-order valence-corrected chi connectivity index (χ2v) is 4.90. The number of carbonyl (C=O) groups is 2. The Hall–Kier alpha value is -2.90. The molecule has 0 radical (unpaired) electrons. The van der Waals surface area contributed by atoms with Crippen LogP contribution in [0.3, 0.4) is 0 Å². The molecular formula is C16H18N2O6. The number of para-hydroxylation sites is 1. The van der Waals surface area contributed by atoms with Crippen LogP contribution in [0.2, 0.25) is 0 Å². The van der Waals surface area contributed by atoms with E-state index in [1.165, 1.54) is 0 Å². The molecule has 8 heteroatoms. The highest BCUT2D eigenvalue weighted by Crippen LogP contribution is 2.07. The maximum atomic E-state index is 12.4. The van der Waals surface area contributed by atoms with Gasteiger partial charge < -0.3 is 9.47 Å². The molecule has 1 aromatic carbocycles. The van der Waals surface area contributed by atoms with E-state index in [1.807, 2.05) is 0 Å². The van der Waals surface area contributed by atoms with E-state index in [2.05, 4.69) is 4.74 Å². The minimum atomic E-state index is -0.767. The van der Waals surface area contributed by atoms with Crippen LogP contribution in [0.1, 0.15) is 13.8 Å². The van der Waals surface area contributed by atoms with E-state index in [4.69, 9.17) is 4.74 Å². The molecule has 0 aliphatic carbocycles. The van der Waals surface area contributed by atoms with Gasteiger partial charge in [-0.05, 0) is 26.0 Å². The minimum absolute atomic E-state index is 0.181. The van der Waals surface area contributed by atoms with Crippen molar-refractivity contribution in [1.82, 2.24) is 9.13 Å². The van der Waals surface area contributed by atoms with Crippen molar-refractivity contribution in [2.24, 2.45) is 0 Å².